The molecule has 2 amide bonds. The highest BCUT2D eigenvalue weighted by atomic mass is 16.2. The number of likely N-dealkylation sites (N-methyl/N-ethyl adjacent to an activating group) is 1. The Morgan fingerprint density at radius 1 is 1.04 bits per heavy atom. The second-order valence-electron chi connectivity index (χ2n) is 6.63. The summed E-state index contributed by atoms with van der Waals surface area (Å²) in [4.78, 5) is 24.5. The van der Waals surface area contributed by atoms with Gasteiger partial charge in [-0.15, -0.1) is 0 Å². The zero-order valence-corrected chi connectivity index (χ0v) is 16.3. The van der Waals surface area contributed by atoms with Crippen molar-refractivity contribution in [3.8, 4) is 16.9 Å². The number of rotatable bonds is 6. The average molecular weight is 376 g/mol. The third-order valence-electron chi connectivity index (χ3n) is 4.40. The Morgan fingerprint density at radius 2 is 1.79 bits per heavy atom. The minimum absolute atomic E-state index is 0.0739. The van der Waals surface area contributed by atoms with Crippen LogP contribution in [-0.4, -0.2) is 34.7 Å². The Labute approximate surface area is 164 Å². The minimum atomic E-state index is -0.330. The Bertz CT molecular complexity index is 993. The maximum absolute atomic E-state index is 12.8. The molecule has 1 heterocycles. The molecule has 144 valence electrons. The van der Waals surface area contributed by atoms with E-state index >= 15 is 0 Å². The lowest BCUT2D eigenvalue weighted by molar-refractivity contribution is -0.120. The monoisotopic (exact) mass is 376 g/mol. The number of benzene rings is 2. The van der Waals surface area contributed by atoms with Gasteiger partial charge in [0.15, 0.2) is 0 Å². The largest absolute Gasteiger partial charge is 0.355 e. The van der Waals surface area contributed by atoms with Crippen molar-refractivity contribution in [2.24, 2.45) is 0 Å². The fourth-order valence-electron chi connectivity index (χ4n) is 3.05. The predicted octanol–water partition coefficient (Wildman–Crippen LogP) is 3.02. The number of aryl methyl sites for hydroxylation is 2. The highest BCUT2D eigenvalue weighted by Gasteiger charge is 2.20. The predicted molar refractivity (Wildman–Crippen MR) is 109 cm³/mol. The van der Waals surface area contributed by atoms with E-state index in [0.717, 1.165) is 22.4 Å². The van der Waals surface area contributed by atoms with E-state index in [1.54, 1.807) is 10.9 Å². The Balaban J connectivity index is 2.00. The van der Waals surface area contributed by atoms with Gasteiger partial charge in [-0.1, -0.05) is 42.0 Å². The van der Waals surface area contributed by atoms with E-state index in [0.29, 0.717) is 17.8 Å². The van der Waals surface area contributed by atoms with E-state index < -0.39 is 0 Å². The number of nitrogens with zero attached hydrogens (tertiary/aromatic N) is 2. The van der Waals surface area contributed by atoms with E-state index in [4.69, 9.17) is 0 Å². The van der Waals surface area contributed by atoms with Crippen LogP contribution < -0.4 is 10.6 Å². The normalized spacial score (nSPS) is 10.5. The molecule has 3 rings (SSSR count). The molecular formula is C22H24N4O2. The van der Waals surface area contributed by atoms with Crippen molar-refractivity contribution >= 4 is 11.8 Å². The lowest BCUT2D eigenvalue weighted by atomic mass is 10.0. The molecule has 0 radical (unpaired) electrons. The summed E-state index contributed by atoms with van der Waals surface area (Å²) in [5.74, 6) is -0.553. The molecule has 2 aromatic carbocycles. The van der Waals surface area contributed by atoms with Crippen molar-refractivity contribution in [2.75, 3.05) is 13.1 Å². The second kappa shape index (κ2) is 8.52. The number of amides is 2. The van der Waals surface area contributed by atoms with Crippen LogP contribution in [0.25, 0.3) is 16.9 Å². The molecule has 3 aromatic rings. The molecule has 6 nitrogen and oxygen atoms in total. The summed E-state index contributed by atoms with van der Waals surface area (Å²) in [5.41, 5.74) is 4.96. The Morgan fingerprint density at radius 3 is 2.46 bits per heavy atom. The molecular weight excluding hydrogens is 352 g/mol. The summed E-state index contributed by atoms with van der Waals surface area (Å²) < 4.78 is 1.69. The maximum Gasteiger partial charge on any atom is 0.255 e. The number of hydrogen-bond donors (Lipinski definition) is 2. The standard InChI is InChI=1S/C22H24N4O2/c1-4-23-20(27)13-24-22(28)19-14-26(17-8-6-5-7-9-17)25-21(19)18-11-10-15(2)12-16(18)3/h5-12,14H,4,13H2,1-3H3,(H,23,27)(H,24,28). The topological polar surface area (TPSA) is 76.0 Å². The lowest BCUT2D eigenvalue weighted by Crippen LogP contribution is -2.36. The molecule has 2 N–H and O–H groups in total. The summed E-state index contributed by atoms with van der Waals surface area (Å²) in [6, 6.07) is 15.7. The summed E-state index contributed by atoms with van der Waals surface area (Å²) in [7, 11) is 0. The van der Waals surface area contributed by atoms with Crippen molar-refractivity contribution in [2.45, 2.75) is 20.8 Å². The minimum Gasteiger partial charge on any atom is -0.355 e. The molecule has 0 bridgehead atoms. The lowest BCUT2D eigenvalue weighted by Gasteiger charge is -2.08. The summed E-state index contributed by atoms with van der Waals surface area (Å²) in [5, 5.41) is 10.0. The molecule has 0 atom stereocenters. The van der Waals surface area contributed by atoms with Crippen molar-refractivity contribution in [1.29, 1.82) is 0 Å². The molecule has 28 heavy (non-hydrogen) atoms. The number of para-hydroxylation sites is 1. The first-order valence-electron chi connectivity index (χ1n) is 9.27. The quantitative estimate of drug-likeness (QED) is 0.694. The van der Waals surface area contributed by atoms with Crippen LogP contribution >= 0.6 is 0 Å². The van der Waals surface area contributed by atoms with Gasteiger partial charge in [0.2, 0.25) is 5.91 Å². The Kier molecular flexibility index (Phi) is 5.89. The zero-order chi connectivity index (χ0) is 20.1. The maximum atomic E-state index is 12.8. The van der Waals surface area contributed by atoms with Crippen molar-refractivity contribution in [3.05, 3.63) is 71.4 Å². The van der Waals surface area contributed by atoms with Gasteiger partial charge in [0, 0.05) is 18.3 Å². The van der Waals surface area contributed by atoms with Gasteiger partial charge < -0.3 is 10.6 Å². The van der Waals surface area contributed by atoms with E-state index in [1.807, 2.05) is 63.2 Å². The van der Waals surface area contributed by atoms with Gasteiger partial charge in [0.05, 0.1) is 17.8 Å². The van der Waals surface area contributed by atoms with Crippen LogP contribution in [0.3, 0.4) is 0 Å². The summed E-state index contributed by atoms with van der Waals surface area (Å²) >= 11 is 0. The molecule has 0 fully saturated rings. The van der Waals surface area contributed by atoms with Crippen LogP contribution in [0.2, 0.25) is 0 Å². The smallest absolute Gasteiger partial charge is 0.255 e. The number of carbonyl (C=O) groups excluding carboxylic acids is 2. The summed E-state index contributed by atoms with van der Waals surface area (Å²) in [6.07, 6.45) is 1.71. The van der Waals surface area contributed by atoms with E-state index in [9.17, 15) is 9.59 Å². The van der Waals surface area contributed by atoms with Crippen LogP contribution in [0.4, 0.5) is 0 Å². The van der Waals surface area contributed by atoms with Crippen LogP contribution in [0.1, 0.15) is 28.4 Å². The van der Waals surface area contributed by atoms with Crippen LogP contribution in [0, 0.1) is 13.8 Å². The van der Waals surface area contributed by atoms with E-state index in [-0.39, 0.29) is 18.4 Å². The molecule has 0 spiro atoms. The number of nitrogens with one attached hydrogen (secondary N) is 2. The van der Waals surface area contributed by atoms with Crippen LogP contribution in [0.15, 0.2) is 54.7 Å². The first-order valence-corrected chi connectivity index (χ1v) is 9.27. The van der Waals surface area contributed by atoms with E-state index in [1.165, 1.54) is 0 Å². The third-order valence-corrected chi connectivity index (χ3v) is 4.40. The van der Waals surface area contributed by atoms with Gasteiger partial charge in [-0.2, -0.15) is 5.10 Å². The molecule has 0 unspecified atom stereocenters. The highest BCUT2D eigenvalue weighted by molar-refractivity contribution is 6.01. The van der Waals surface area contributed by atoms with Gasteiger partial charge in [0.1, 0.15) is 5.69 Å². The van der Waals surface area contributed by atoms with Crippen LogP contribution in [0.5, 0.6) is 0 Å². The van der Waals surface area contributed by atoms with Crippen LogP contribution in [-0.2, 0) is 4.79 Å². The molecule has 0 saturated carbocycles. The average Bonchev–Trinajstić information content (AvgIpc) is 3.12. The summed E-state index contributed by atoms with van der Waals surface area (Å²) in [6.45, 7) is 6.31. The van der Waals surface area contributed by atoms with Gasteiger partial charge in [-0.05, 0) is 38.5 Å². The zero-order valence-electron chi connectivity index (χ0n) is 16.3. The molecule has 0 aliphatic rings. The van der Waals surface area contributed by atoms with Crippen molar-refractivity contribution in [3.63, 3.8) is 0 Å². The molecule has 0 aliphatic carbocycles. The van der Waals surface area contributed by atoms with Gasteiger partial charge in [-0.25, -0.2) is 4.68 Å². The van der Waals surface area contributed by atoms with Gasteiger partial charge in [-0.3, -0.25) is 9.59 Å². The highest BCUT2D eigenvalue weighted by Crippen LogP contribution is 2.27. The molecule has 6 heteroatoms. The van der Waals surface area contributed by atoms with Gasteiger partial charge in [0.25, 0.3) is 5.91 Å². The van der Waals surface area contributed by atoms with Crippen molar-refractivity contribution < 1.29 is 9.59 Å². The Hall–Kier alpha value is -3.41. The third kappa shape index (κ3) is 4.28. The number of hydrogen-bond acceptors (Lipinski definition) is 3. The number of carbonyl (C=O) groups is 2. The molecule has 0 aliphatic heterocycles. The fraction of sp³-hybridized carbons (Fsp3) is 0.227. The fourth-order valence-corrected chi connectivity index (χ4v) is 3.05. The first-order chi connectivity index (χ1) is 13.5. The molecule has 0 saturated heterocycles. The van der Waals surface area contributed by atoms with E-state index in [2.05, 4.69) is 21.8 Å². The van der Waals surface area contributed by atoms with Crippen molar-refractivity contribution in [1.82, 2.24) is 20.4 Å². The first kappa shape index (κ1) is 19.4. The molecule has 1 aromatic heterocycles. The SMILES string of the molecule is CCNC(=O)CNC(=O)c1cn(-c2ccccc2)nc1-c1ccc(C)cc1C. The second-order valence-corrected chi connectivity index (χ2v) is 6.63. The van der Waals surface area contributed by atoms with Gasteiger partial charge >= 0.3 is 0 Å². The number of aromatic nitrogens is 2.